The van der Waals surface area contributed by atoms with Gasteiger partial charge >= 0.3 is 0 Å². The lowest BCUT2D eigenvalue weighted by molar-refractivity contribution is 0.346. The predicted molar refractivity (Wildman–Crippen MR) is 65.9 cm³/mol. The Labute approximate surface area is 93.1 Å². The second-order valence-electron chi connectivity index (χ2n) is 4.21. The van der Waals surface area contributed by atoms with Gasteiger partial charge in [0, 0.05) is 6.54 Å². The van der Waals surface area contributed by atoms with Crippen molar-refractivity contribution in [1.82, 2.24) is 4.90 Å². The number of benzene rings is 1. The summed E-state index contributed by atoms with van der Waals surface area (Å²) in [6.07, 6.45) is 0. The minimum atomic E-state index is 0.461. The first-order valence-corrected chi connectivity index (χ1v) is 5.64. The van der Waals surface area contributed by atoms with Gasteiger partial charge in [-0.2, -0.15) is 0 Å². The first-order chi connectivity index (χ1) is 7.17. The summed E-state index contributed by atoms with van der Waals surface area (Å²) in [4.78, 5) is 2.29. The van der Waals surface area contributed by atoms with Crippen molar-refractivity contribution in [3.05, 3.63) is 35.4 Å². The molecule has 84 valence electrons. The molecular weight excluding hydrogens is 184 g/mol. The third-order valence-corrected chi connectivity index (χ3v) is 2.89. The van der Waals surface area contributed by atoms with Gasteiger partial charge in [-0.1, -0.05) is 38.1 Å². The van der Waals surface area contributed by atoms with E-state index in [2.05, 4.69) is 50.1 Å². The van der Waals surface area contributed by atoms with E-state index in [1.54, 1.807) is 0 Å². The van der Waals surface area contributed by atoms with E-state index < -0.39 is 0 Å². The van der Waals surface area contributed by atoms with Gasteiger partial charge in [0.05, 0.1) is 0 Å². The molecule has 0 aliphatic rings. The van der Waals surface area contributed by atoms with Gasteiger partial charge in [-0.25, -0.2) is 0 Å². The lowest BCUT2D eigenvalue weighted by Crippen LogP contribution is -2.16. The highest BCUT2D eigenvalue weighted by molar-refractivity contribution is 5.25. The molecule has 15 heavy (non-hydrogen) atoms. The Morgan fingerprint density at radius 2 is 1.87 bits per heavy atom. The quantitative estimate of drug-likeness (QED) is 0.800. The molecule has 0 amide bonds. The molecule has 0 aliphatic heterocycles. The van der Waals surface area contributed by atoms with E-state index in [1.165, 1.54) is 11.1 Å². The summed E-state index contributed by atoms with van der Waals surface area (Å²) in [5.74, 6) is 0.461. The molecule has 0 radical (unpaired) electrons. The van der Waals surface area contributed by atoms with Crippen LogP contribution in [0.2, 0.25) is 0 Å². The summed E-state index contributed by atoms with van der Waals surface area (Å²) < 4.78 is 0. The van der Waals surface area contributed by atoms with Gasteiger partial charge in [0.1, 0.15) is 0 Å². The van der Waals surface area contributed by atoms with E-state index >= 15 is 0 Å². The first kappa shape index (κ1) is 12.2. The summed E-state index contributed by atoms with van der Waals surface area (Å²) >= 11 is 0. The number of nitrogens with two attached hydrogens (primary N) is 1. The molecule has 0 fully saturated rings. The molecule has 0 saturated heterocycles. The van der Waals surface area contributed by atoms with Gasteiger partial charge in [-0.3, -0.25) is 0 Å². The third kappa shape index (κ3) is 3.65. The van der Waals surface area contributed by atoms with Gasteiger partial charge in [-0.15, -0.1) is 0 Å². The number of hydrogen-bond donors (Lipinski definition) is 1. The SMILES string of the molecule is CCN(C)Cc1ccc(C(C)CN)cc1. The lowest BCUT2D eigenvalue weighted by atomic mass is 10.00. The molecule has 2 heteroatoms. The van der Waals surface area contributed by atoms with Crippen LogP contribution in [0.5, 0.6) is 0 Å². The van der Waals surface area contributed by atoms with Crippen LogP contribution in [0.25, 0.3) is 0 Å². The lowest BCUT2D eigenvalue weighted by Gasteiger charge is -2.15. The number of nitrogens with zero attached hydrogens (tertiary/aromatic N) is 1. The summed E-state index contributed by atoms with van der Waals surface area (Å²) in [6, 6.07) is 8.79. The van der Waals surface area contributed by atoms with Crippen molar-refractivity contribution >= 4 is 0 Å². The highest BCUT2D eigenvalue weighted by atomic mass is 15.1. The monoisotopic (exact) mass is 206 g/mol. The van der Waals surface area contributed by atoms with Crippen LogP contribution in [-0.4, -0.2) is 25.0 Å². The number of rotatable bonds is 5. The van der Waals surface area contributed by atoms with Crippen molar-refractivity contribution in [2.24, 2.45) is 5.73 Å². The average Bonchev–Trinajstić information content (AvgIpc) is 2.29. The van der Waals surface area contributed by atoms with E-state index in [0.717, 1.165) is 13.1 Å². The fourth-order valence-corrected chi connectivity index (χ4v) is 1.51. The molecule has 0 saturated carbocycles. The van der Waals surface area contributed by atoms with Crippen molar-refractivity contribution in [2.75, 3.05) is 20.1 Å². The smallest absolute Gasteiger partial charge is 0.0230 e. The second kappa shape index (κ2) is 5.89. The number of hydrogen-bond acceptors (Lipinski definition) is 2. The van der Waals surface area contributed by atoms with Crippen LogP contribution in [0, 0.1) is 0 Å². The molecule has 0 aromatic heterocycles. The van der Waals surface area contributed by atoms with Crippen LogP contribution in [0.4, 0.5) is 0 Å². The Kier molecular flexibility index (Phi) is 4.79. The molecule has 1 rings (SSSR count). The molecule has 2 nitrogen and oxygen atoms in total. The summed E-state index contributed by atoms with van der Waals surface area (Å²) in [6.45, 7) is 7.15. The molecule has 1 aromatic rings. The van der Waals surface area contributed by atoms with E-state index in [0.29, 0.717) is 12.5 Å². The van der Waals surface area contributed by atoms with E-state index in [-0.39, 0.29) is 0 Å². The summed E-state index contributed by atoms with van der Waals surface area (Å²) in [7, 11) is 2.14. The molecule has 0 aliphatic carbocycles. The highest BCUT2D eigenvalue weighted by Crippen LogP contribution is 2.15. The van der Waals surface area contributed by atoms with Crippen LogP contribution in [0.15, 0.2) is 24.3 Å². The molecule has 1 unspecified atom stereocenters. The summed E-state index contributed by atoms with van der Waals surface area (Å²) in [5, 5.41) is 0. The van der Waals surface area contributed by atoms with Crippen LogP contribution in [-0.2, 0) is 6.54 Å². The average molecular weight is 206 g/mol. The van der Waals surface area contributed by atoms with E-state index in [4.69, 9.17) is 5.73 Å². The molecular formula is C13H22N2. The minimum absolute atomic E-state index is 0.461. The third-order valence-electron chi connectivity index (χ3n) is 2.89. The normalized spacial score (nSPS) is 13.1. The van der Waals surface area contributed by atoms with E-state index in [9.17, 15) is 0 Å². The Bertz CT molecular complexity index is 279. The molecule has 1 aromatic carbocycles. The maximum atomic E-state index is 5.64. The first-order valence-electron chi connectivity index (χ1n) is 5.64. The van der Waals surface area contributed by atoms with Crippen molar-refractivity contribution in [2.45, 2.75) is 26.3 Å². The van der Waals surface area contributed by atoms with Crippen LogP contribution < -0.4 is 5.73 Å². The van der Waals surface area contributed by atoms with Crippen LogP contribution in [0.1, 0.15) is 30.9 Å². The van der Waals surface area contributed by atoms with Crippen molar-refractivity contribution < 1.29 is 0 Å². The molecule has 0 spiro atoms. The highest BCUT2D eigenvalue weighted by Gasteiger charge is 2.03. The zero-order valence-electron chi connectivity index (χ0n) is 10.0. The largest absolute Gasteiger partial charge is 0.330 e. The maximum absolute atomic E-state index is 5.64. The van der Waals surface area contributed by atoms with Crippen molar-refractivity contribution in [3.63, 3.8) is 0 Å². The Morgan fingerprint density at radius 1 is 1.27 bits per heavy atom. The van der Waals surface area contributed by atoms with Gasteiger partial charge in [0.15, 0.2) is 0 Å². The maximum Gasteiger partial charge on any atom is 0.0230 e. The van der Waals surface area contributed by atoms with Gasteiger partial charge in [-0.05, 0) is 37.2 Å². The molecule has 0 bridgehead atoms. The van der Waals surface area contributed by atoms with Gasteiger partial charge in [0.25, 0.3) is 0 Å². The standard InChI is InChI=1S/C13H22N2/c1-4-15(3)10-12-5-7-13(8-6-12)11(2)9-14/h5-8,11H,4,9-10,14H2,1-3H3. The second-order valence-corrected chi connectivity index (χ2v) is 4.21. The summed E-state index contributed by atoms with van der Waals surface area (Å²) in [5.41, 5.74) is 8.34. The molecule has 0 heterocycles. The van der Waals surface area contributed by atoms with Gasteiger partial charge in [0.2, 0.25) is 0 Å². The zero-order chi connectivity index (χ0) is 11.3. The topological polar surface area (TPSA) is 29.3 Å². The Balaban J connectivity index is 2.64. The molecule has 1 atom stereocenters. The van der Waals surface area contributed by atoms with Crippen LogP contribution >= 0.6 is 0 Å². The fourth-order valence-electron chi connectivity index (χ4n) is 1.51. The van der Waals surface area contributed by atoms with Crippen molar-refractivity contribution in [3.8, 4) is 0 Å². The Hall–Kier alpha value is -0.860. The fraction of sp³-hybridized carbons (Fsp3) is 0.538. The molecule has 2 N–H and O–H groups in total. The van der Waals surface area contributed by atoms with Gasteiger partial charge < -0.3 is 10.6 Å². The van der Waals surface area contributed by atoms with Crippen LogP contribution in [0.3, 0.4) is 0 Å². The van der Waals surface area contributed by atoms with E-state index in [1.807, 2.05) is 0 Å². The predicted octanol–water partition coefficient (Wildman–Crippen LogP) is 2.20. The zero-order valence-corrected chi connectivity index (χ0v) is 10.0. The Morgan fingerprint density at radius 3 is 2.33 bits per heavy atom. The minimum Gasteiger partial charge on any atom is -0.330 e. The van der Waals surface area contributed by atoms with Crippen molar-refractivity contribution in [1.29, 1.82) is 0 Å².